The van der Waals surface area contributed by atoms with E-state index >= 15 is 0 Å². The summed E-state index contributed by atoms with van der Waals surface area (Å²) in [4.78, 5) is 12.0. The zero-order chi connectivity index (χ0) is 16.8. The van der Waals surface area contributed by atoms with Crippen molar-refractivity contribution < 1.29 is 14.1 Å². The average Bonchev–Trinajstić information content (AvgIpc) is 2.84. The minimum absolute atomic E-state index is 0.138. The van der Waals surface area contributed by atoms with Gasteiger partial charge in [-0.2, -0.15) is 0 Å². The monoisotopic (exact) mass is 323 g/mol. The predicted octanol–water partition coefficient (Wildman–Crippen LogP) is 3.25. The highest BCUT2D eigenvalue weighted by atomic mass is 16.5. The van der Waals surface area contributed by atoms with Crippen LogP contribution < -0.4 is 10.6 Å². The van der Waals surface area contributed by atoms with Gasteiger partial charge in [-0.15, -0.1) is 0 Å². The molecule has 0 aliphatic heterocycles. The number of hydrogen-bond donors (Lipinski definition) is 2. The molecule has 1 aromatic heterocycles. The maximum Gasteiger partial charge on any atom is 0.315 e. The molecule has 0 aromatic carbocycles. The molecule has 0 unspecified atom stereocenters. The zero-order valence-electron chi connectivity index (χ0n) is 14.6. The van der Waals surface area contributed by atoms with Crippen LogP contribution in [0.15, 0.2) is 4.52 Å². The van der Waals surface area contributed by atoms with Crippen molar-refractivity contribution in [3.05, 3.63) is 17.0 Å². The van der Waals surface area contributed by atoms with Crippen molar-refractivity contribution in [2.45, 2.75) is 65.5 Å². The summed E-state index contributed by atoms with van der Waals surface area (Å²) in [5.74, 6) is 1.36. The van der Waals surface area contributed by atoms with Gasteiger partial charge in [-0.05, 0) is 39.5 Å². The lowest BCUT2D eigenvalue weighted by atomic mass is 9.88. The molecule has 1 fully saturated rings. The van der Waals surface area contributed by atoms with E-state index in [1.165, 1.54) is 19.3 Å². The fourth-order valence-corrected chi connectivity index (χ4v) is 3.33. The first-order chi connectivity index (χ1) is 11.0. The molecule has 2 amide bonds. The second-order valence-electron chi connectivity index (χ2n) is 6.53. The molecule has 3 atom stereocenters. The molecule has 6 nitrogen and oxygen atoms in total. The number of carbonyl (C=O) groups is 1. The molecule has 0 radical (unpaired) electrons. The molecule has 1 aromatic rings. The molecule has 0 spiro atoms. The number of aromatic nitrogens is 1. The maximum atomic E-state index is 12.0. The van der Waals surface area contributed by atoms with Gasteiger partial charge in [0.2, 0.25) is 0 Å². The second kappa shape index (κ2) is 8.34. The number of hydrogen-bond acceptors (Lipinski definition) is 4. The summed E-state index contributed by atoms with van der Waals surface area (Å²) in [7, 11) is 0. The molecule has 2 N–H and O–H groups in total. The first kappa shape index (κ1) is 17.8. The van der Waals surface area contributed by atoms with E-state index in [2.05, 4.69) is 22.7 Å². The Kier molecular flexibility index (Phi) is 6.45. The van der Waals surface area contributed by atoms with Gasteiger partial charge in [0.25, 0.3) is 0 Å². The fourth-order valence-electron chi connectivity index (χ4n) is 3.33. The average molecular weight is 323 g/mol. The van der Waals surface area contributed by atoms with Crippen molar-refractivity contribution in [2.75, 3.05) is 13.2 Å². The minimum Gasteiger partial charge on any atom is -0.376 e. The summed E-state index contributed by atoms with van der Waals surface area (Å²) in [6.45, 7) is 8.97. The van der Waals surface area contributed by atoms with Crippen molar-refractivity contribution in [2.24, 2.45) is 5.92 Å². The lowest BCUT2D eigenvalue weighted by Gasteiger charge is -2.28. The molecule has 1 aliphatic rings. The van der Waals surface area contributed by atoms with Gasteiger partial charge >= 0.3 is 6.03 Å². The van der Waals surface area contributed by atoms with Gasteiger partial charge in [0, 0.05) is 12.1 Å². The van der Waals surface area contributed by atoms with Gasteiger partial charge in [-0.3, -0.25) is 0 Å². The van der Waals surface area contributed by atoms with Gasteiger partial charge in [-0.1, -0.05) is 24.9 Å². The molecule has 0 saturated heterocycles. The Bertz CT molecular complexity index is 496. The summed E-state index contributed by atoms with van der Waals surface area (Å²) in [6, 6.07) is -0.335. The highest BCUT2D eigenvalue weighted by Gasteiger charge is 2.22. The third-order valence-corrected chi connectivity index (χ3v) is 4.62. The first-order valence-electron chi connectivity index (χ1n) is 8.57. The predicted molar refractivity (Wildman–Crippen MR) is 88.3 cm³/mol. The van der Waals surface area contributed by atoms with Gasteiger partial charge in [0.1, 0.15) is 5.76 Å². The van der Waals surface area contributed by atoms with E-state index in [-0.39, 0.29) is 12.1 Å². The van der Waals surface area contributed by atoms with E-state index in [1.54, 1.807) is 0 Å². The van der Waals surface area contributed by atoms with Gasteiger partial charge < -0.3 is 19.9 Å². The summed E-state index contributed by atoms with van der Waals surface area (Å²) < 4.78 is 11.0. The molecule has 2 rings (SSSR count). The van der Waals surface area contributed by atoms with E-state index in [9.17, 15) is 4.79 Å². The number of nitrogens with zero attached hydrogens (tertiary/aromatic N) is 1. The number of aryl methyl sites for hydroxylation is 2. The molecule has 1 heterocycles. The summed E-state index contributed by atoms with van der Waals surface area (Å²) in [6.07, 6.45) is 5.28. The third kappa shape index (κ3) is 4.96. The Labute approximate surface area is 138 Å². The Morgan fingerprint density at radius 3 is 2.78 bits per heavy atom. The SMILES string of the molecule is Cc1noc(C)c1[C@H](C)NC(=O)NCCO[C@H]1CCCC[C@H]1C. The van der Waals surface area contributed by atoms with Crippen LogP contribution in [-0.2, 0) is 4.74 Å². The van der Waals surface area contributed by atoms with Crippen LogP contribution >= 0.6 is 0 Å². The Hall–Kier alpha value is -1.56. The van der Waals surface area contributed by atoms with Gasteiger partial charge in [0.05, 0.1) is 24.4 Å². The largest absolute Gasteiger partial charge is 0.376 e. The molecule has 1 saturated carbocycles. The van der Waals surface area contributed by atoms with Crippen molar-refractivity contribution in [1.82, 2.24) is 15.8 Å². The number of ether oxygens (including phenoxy) is 1. The molecule has 130 valence electrons. The summed E-state index contributed by atoms with van der Waals surface area (Å²) in [5, 5.41) is 9.66. The van der Waals surface area contributed by atoms with Crippen LogP contribution in [0.5, 0.6) is 0 Å². The number of amides is 2. The number of urea groups is 1. The van der Waals surface area contributed by atoms with E-state index in [4.69, 9.17) is 9.26 Å². The highest BCUT2D eigenvalue weighted by molar-refractivity contribution is 5.74. The minimum atomic E-state index is -0.196. The smallest absolute Gasteiger partial charge is 0.315 e. The Morgan fingerprint density at radius 1 is 1.39 bits per heavy atom. The molecule has 23 heavy (non-hydrogen) atoms. The summed E-state index contributed by atoms with van der Waals surface area (Å²) >= 11 is 0. The topological polar surface area (TPSA) is 76.4 Å². The zero-order valence-corrected chi connectivity index (χ0v) is 14.6. The van der Waals surface area contributed by atoms with Crippen LogP contribution in [0, 0.1) is 19.8 Å². The van der Waals surface area contributed by atoms with E-state index in [0.29, 0.717) is 25.2 Å². The lowest BCUT2D eigenvalue weighted by molar-refractivity contribution is -0.00244. The standard InChI is InChI=1S/C17H29N3O3/c1-11-7-5-6-8-15(11)22-10-9-18-17(21)19-12(2)16-13(3)20-23-14(16)4/h11-12,15H,5-10H2,1-4H3,(H2,18,19,21)/t11-,12+,15+/m1/s1. The van der Waals surface area contributed by atoms with Gasteiger partial charge in [-0.25, -0.2) is 4.79 Å². The molecular formula is C17H29N3O3. The first-order valence-corrected chi connectivity index (χ1v) is 8.57. The molecule has 6 heteroatoms. The van der Waals surface area contributed by atoms with E-state index < -0.39 is 0 Å². The quantitative estimate of drug-likeness (QED) is 0.788. The highest BCUT2D eigenvalue weighted by Crippen LogP contribution is 2.26. The third-order valence-electron chi connectivity index (χ3n) is 4.62. The van der Waals surface area contributed by atoms with Crippen LogP contribution in [0.1, 0.15) is 62.6 Å². The van der Waals surface area contributed by atoms with Crippen molar-refractivity contribution in [3.8, 4) is 0 Å². The number of carbonyl (C=O) groups excluding carboxylic acids is 1. The van der Waals surface area contributed by atoms with Crippen LogP contribution in [0.4, 0.5) is 4.79 Å². The fraction of sp³-hybridized carbons (Fsp3) is 0.765. The summed E-state index contributed by atoms with van der Waals surface area (Å²) in [5.41, 5.74) is 1.75. The maximum absolute atomic E-state index is 12.0. The van der Waals surface area contributed by atoms with Crippen molar-refractivity contribution >= 4 is 6.03 Å². The van der Waals surface area contributed by atoms with Crippen LogP contribution in [0.2, 0.25) is 0 Å². The lowest BCUT2D eigenvalue weighted by Crippen LogP contribution is -2.39. The number of rotatable bonds is 6. The Balaban J connectivity index is 1.67. The van der Waals surface area contributed by atoms with Crippen molar-refractivity contribution in [1.29, 1.82) is 0 Å². The van der Waals surface area contributed by atoms with Crippen LogP contribution in [0.25, 0.3) is 0 Å². The van der Waals surface area contributed by atoms with Crippen molar-refractivity contribution in [3.63, 3.8) is 0 Å². The molecule has 0 bridgehead atoms. The van der Waals surface area contributed by atoms with Crippen LogP contribution in [0.3, 0.4) is 0 Å². The molecule has 1 aliphatic carbocycles. The second-order valence-corrected chi connectivity index (χ2v) is 6.53. The Morgan fingerprint density at radius 2 is 2.13 bits per heavy atom. The van der Waals surface area contributed by atoms with E-state index in [0.717, 1.165) is 23.4 Å². The van der Waals surface area contributed by atoms with Crippen LogP contribution in [-0.4, -0.2) is 30.4 Å². The van der Waals surface area contributed by atoms with Gasteiger partial charge in [0.15, 0.2) is 0 Å². The molecular weight excluding hydrogens is 294 g/mol. The number of nitrogens with one attached hydrogen (secondary N) is 2. The van der Waals surface area contributed by atoms with E-state index in [1.807, 2.05) is 20.8 Å². The normalized spacial score (nSPS) is 22.6.